The summed E-state index contributed by atoms with van der Waals surface area (Å²) in [6, 6.07) is 1.64. The molecule has 0 aliphatic heterocycles. The van der Waals surface area contributed by atoms with Crippen molar-refractivity contribution in [2.45, 2.75) is 11.8 Å². The zero-order valence-electron chi connectivity index (χ0n) is 11.3. The molecule has 1 aromatic rings. The molecule has 5 nitrogen and oxygen atoms in total. The number of thiophene rings is 1. The first-order valence-corrected chi connectivity index (χ1v) is 8.89. The molecule has 1 aromatic heterocycles. The third-order valence-corrected chi connectivity index (χ3v) is 5.86. The van der Waals surface area contributed by atoms with Crippen LogP contribution in [0, 0.1) is 6.92 Å². The van der Waals surface area contributed by atoms with E-state index in [9.17, 15) is 8.42 Å². The molecular weight excluding hydrogens is 352 g/mol. The van der Waals surface area contributed by atoms with Crippen LogP contribution in [0.15, 0.2) is 14.7 Å². The van der Waals surface area contributed by atoms with Crippen molar-refractivity contribution in [3.8, 4) is 0 Å². The molecule has 0 aliphatic rings. The van der Waals surface area contributed by atoms with Gasteiger partial charge in [0.15, 0.2) is 0 Å². The number of nitrogens with one attached hydrogen (secondary N) is 1. The predicted octanol–water partition coefficient (Wildman–Crippen LogP) is 1.68. The standard InChI is InChI=1S/C11H19BrN2O3S2/c1-9-10(8-11(12)18-9)19(15,16)13-4-5-14(2)6-7-17-3/h8,13H,4-7H2,1-3H3. The second-order valence-corrected chi connectivity index (χ2v) is 8.54. The Morgan fingerprint density at radius 1 is 1.47 bits per heavy atom. The molecule has 1 heterocycles. The summed E-state index contributed by atoms with van der Waals surface area (Å²) in [7, 11) is 0.163. The van der Waals surface area contributed by atoms with Gasteiger partial charge in [-0.3, -0.25) is 0 Å². The summed E-state index contributed by atoms with van der Waals surface area (Å²) in [5, 5.41) is 0. The van der Waals surface area contributed by atoms with E-state index in [2.05, 4.69) is 20.7 Å². The first-order valence-electron chi connectivity index (χ1n) is 5.80. The van der Waals surface area contributed by atoms with E-state index in [0.717, 1.165) is 15.2 Å². The Morgan fingerprint density at radius 3 is 2.68 bits per heavy atom. The van der Waals surface area contributed by atoms with E-state index in [1.165, 1.54) is 11.3 Å². The molecule has 110 valence electrons. The molecule has 8 heteroatoms. The van der Waals surface area contributed by atoms with Crippen LogP contribution in [0.2, 0.25) is 0 Å². The van der Waals surface area contributed by atoms with Crippen molar-refractivity contribution >= 4 is 37.3 Å². The summed E-state index contributed by atoms with van der Waals surface area (Å²) in [5.74, 6) is 0. The number of halogens is 1. The predicted molar refractivity (Wildman–Crippen MR) is 81.3 cm³/mol. The Bertz CT molecular complexity index is 502. The number of ether oxygens (including phenoxy) is 1. The van der Waals surface area contributed by atoms with Gasteiger partial charge in [0.05, 0.1) is 15.3 Å². The number of nitrogens with zero attached hydrogens (tertiary/aromatic N) is 1. The van der Waals surface area contributed by atoms with E-state index in [1.54, 1.807) is 20.1 Å². The van der Waals surface area contributed by atoms with Crippen molar-refractivity contribution < 1.29 is 13.2 Å². The lowest BCUT2D eigenvalue weighted by atomic mass is 10.5. The molecule has 0 saturated carbocycles. The average Bonchev–Trinajstić information content (AvgIpc) is 2.66. The Hall–Kier alpha value is 0.01000. The summed E-state index contributed by atoms with van der Waals surface area (Å²) in [6.07, 6.45) is 0. The first kappa shape index (κ1) is 17.1. The maximum Gasteiger partial charge on any atom is 0.241 e. The molecule has 0 radical (unpaired) electrons. The van der Waals surface area contributed by atoms with Crippen LogP contribution in [0.1, 0.15) is 4.88 Å². The molecule has 1 rings (SSSR count). The van der Waals surface area contributed by atoms with Crippen LogP contribution in [0.4, 0.5) is 0 Å². The summed E-state index contributed by atoms with van der Waals surface area (Å²) in [6.45, 7) is 4.25. The minimum absolute atomic E-state index is 0.351. The van der Waals surface area contributed by atoms with Gasteiger partial charge in [0.1, 0.15) is 0 Å². The zero-order valence-corrected chi connectivity index (χ0v) is 14.5. The van der Waals surface area contributed by atoms with Gasteiger partial charge >= 0.3 is 0 Å². The monoisotopic (exact) mass is 370 g/mol. The van der Waals surface area contributed by atoms with Crippen molar-refractivity contribution in [3.05, 3.63) is 14.7 Å². The zero-order chi connectivity index (χ0) is 14.5. The number of methoxy groups -OCH3 is 1. The van der Waals surface area contributed by atoms with E-state index in [-0.39, 0.29) is 0 Å². The number of sulfonamides is 1. The van der Waals surface area contributed by atoms with Crippen LogP contribution in [0.3, 0.4) is 0 Å². The van der Waals surface area contributed by atoms with Gasteiger partial charge in [-0.25, -0.2) is 13.1 Å². The van der Waals surface area contributed by atoms with E-state index in [1.807, 2.05) is 11.9 Å². The molecule has 0 aliphatic carbocycles. The third kappa shape index (κ3) is 5.49. The summed E-state index contributed by atoms with van der Waals surface area (Å²) in [5.41, 5.74) is 0. The molecule has 19 heavy (non-hydrogen) atoms. The normalized spacial score (nSPS) is 12.3. The lowest BCUT2D eigenvalue weighted by molar-refractivity contribution is 0.162. The number of hydrogen-bond donors (Lipinski definition) is 1. The number of hydrogen-bond acceptors (Lipinski definition) is 5. The van der Waals surface area contributed by atoms with E-state index >= 15 is 0 Å². The van der Waals surface area contributed by atoms with Crippen molar-refractivity contribution in [2.75, 3.05) is 40.4 Å². The molecule has 0 spiro atoms. The van der Waals surface area contributed by atoms with Gasteiger partial charge < -0.3 is 9.64 Å². The Morgan fingerprint density at radius 2 is 2.16 bits per heavy atom. The molecule has 0 amide bonds. The Kier molecular flexibility index (Phi) is 6.92. The highest BCUT2D eigenvalue weighted by Gasteiger charge is 2.18. The minimum Gasteiger partial charge on any atom is -0.383 e. The van der Waals surface area contributed by atoms with E-state index < -0.39 is 10.0 Å². The van der Waals surface area contributed by atoms with Crippen molar-refractivity contribution in [3.63, 3.8) is 0 Å². The third-order valence-electron chi connectivity index (χ3n) is 2.59. The SMILES string of the molecule is COCCN(C)CCNS(=O)(=O)c1cc(Br)sc1C. The maximum atomic E-state index is 12.1. The van der Waals surface area contributed by atoms with E-state index in [4.69, 9.17) is 4.74 Å². The van der Waals surface area contributed by atoms with Crippen LogP contribution in [-0.2, 0) is 14.8 Å². The lowest BCUT2D eigenvalue weighted by Gasteiger charge is -2.16. The highest BCUT2D eigenvalue weighted by Crippen LogP contribution is 2.29. The van der Waals surface area contributed by atoms with Gasteiger partial charge in [-0.15, -0.1) is 11.3 Å². The average molecular weight is 371 g/mol. The van der Waals surface area contributed by atoms with Crippen LogP contribution >= 0.6 is 27.3 Å². The smallest absolute Gasteiger partial charge is 0.241 e. The molecule has 0 aromatic carbocycles. The fraction of sp³-hybridized carbons (Fsp3) is 0.636. The van der Waals surface area contributed by atoms with Crippen LogP contribution < -0.4 is 4.72 Å². The first-order chi connectivity index (χ1) is 8.86. The van der Waals surface area contributed by atoms with Crippen molar-refractivity contribution in [1.29, 1.82) is 0 Å². The van der Waals surface area contributed by atoms with Crippen molar-refractivity contribution in [1.82, 2.24) is 9.62 Å². The van der Waals surface area contributed by atoms with Gasteiger partial charge in [-0.05, 0) is 36.0 Å². The lowest BCUT2D eigenvalue weighted by Crippen LogP contribution is -2.34. The van der Waals surface area contributed by atoms with Crippen molar-refractivity contribution in [2.24, 2.45) is 0 Å². The van der Waals surface area contributed by atoms with Crippen LogP contribution in [0.25, 0.3) is 0 Å². The van der Waals surface area contributed by atoms with Gasteiger partial charge in [-0.2, -0.15) is 0 Å². The fourth-order valence-electron chi connectivity index (χ4n) is 1.51. The molecular formula is C11H19BrN2O3S2. The van der Waals surface area contributed by atoms with Gasteiger partial charge in [0.2, 0.25) is 10.0 Å². The highest BCUT2D eigenvalue weighted by atomic mass is 79.9. The molecule has 0 unspecified atom stereocenters. The highest BCUT2D eigenvalue weighted by molar-refractivity contribution is 9.11. The molecule has 0 fully saturated rings. The Labute approximate surface area is 127 Å². The number of likely N-dealkylation sites (N-methyl/N-ethyl adjacent to an activating group) is 1. The molecule has 1 N–H and O–H groups in total. The maximum absolute atomic E-state index is 12.1. The summed E-state index contributed by atoms with van der Waals surface area (Å²) in [4.78, 5) is 3.15. The molecule has 0 saturated heterocycles. The Balaban J connectivity index is 2.50. The minimum atomic E-state index is -3.41. The van der Waals surface area contributed by atoms with Crippen LogP contribution in [0.5, 0.6) is 0 Å². The summed E-state index contributed by atoms with van der Waals surface area (Å²) < 4.78 is 32.6. The summed E-state index contributed by atoms with van der Waals surface area (Å²) >= 11 is 4.72. The number of rotatable bonds is 8. The second kappa shape index (κ2) is 7.70. The van der Waals surface area contributed by atoms with E-state index in [0.29, 0.717) is 24.6 Å². The molecule has 0 atom stereocenters. The second-order valence-electron chi connectivity index (χ2n) is 4.16. The van der Waals surface area contributed by atoms with Gasteiger partial charge in [0.25, 0.3) is 0 Å². The van der Waals surface area contributed by atoms with Crippen LogP contribution in [-0.4, -0.2) is 53.7 Å². The topological polar surface area (TPSA) is 58.6 Å². The van der Waals surface area contributed by atoms with Gasteiger partial charge in [-0.1, -0.05) is 0 Å². The number of aryl methyl sites for hydroxylation is 1. The largest absolute Gasteiger partial charge is 0.383 e. The molecule has 0 bridgehead atoms. The fourth-order valence-corrected chi connectivity index (χ4v) is 4.94. The van der Waals surface area contributed by atoms with Gasteiger partial charge in [0, 0.05) is 31.6 Å². The quantitative estimate of drug-likeness (QED) is 0.756.